The Hall–Kier alpha value is -5.10. The van der Waals surface area contributed by atoms with E-state index in [1.165, 1.54) is 18.7 Å². The van der Waals surface area contributed by atoms with Gasteiger partial charge in [0.05, 0.1) is 17.8 Å². The van der Waals surface area contributed by atoms with E-state index >= 15 is 0 Å². The molecule has 0 aliphatic carbocycles. The normalized spacial score (nSPS) is 15.6. The molecule has 4 heterocycles. The lowest BCUT2D eigenvalue weighted by Gasteiger charge is -2.16. The molecule has 2 N–H and O–H groups in total. The summed E-state index contributed by atoms with van der Waals surface area (Å²) in [5.41, 5.74) is 3.28. The first-order valence-corrected chi connectivity index (χ1v) is 14.0. The maximum atomic E-state index is 14.9. The molecular weight excluding hydrogens is 551 g/mol. The molecule has 11 nitrogen and oxygen atoms in total. The Morgan fingerprint density at radius 1 is 1.12 bits per heavy atom. The summed E-state index contributed by atoms with van der Waals surface area (Å²) in [5.74, 6) is 0.571. The Kier molecular flexibility index (Phi) is 7.84. The van der Waals surface area contributed by atoms with Gasteiger partial charge < -0.3 is 20.1 Å². The zero-order chi connectivity index (χ0) is 29.9. The van der Waals surface area contributed by atoms with Gasteiger partial charge in [-0.05, 0) is 82.3 Å². The molecule has 1 amide bonds. The third-order valence-corrected chi connectivity index (χ3v) is 7.33. The number of fused-ring (bicyclic) bond motifs is 2. The van der Waals surface area contributed by atoms with Crippen LogP contribution >= 0.6 is 0 Å². The van der Waals surface area contributed by atoms with Crippen molar-refractivity contribution in [2.24, 2.45) is 0 Å². The van der Waals surface area contributed by atoms with Gasteiger partial charge in [0.1, 0.15) is 35.7 Å². The van der Waals surface area contributed by atoms with Gasteiger partial charge >= 0.3 is 0 Å². The lowest BCUT2D eigenvalue weighted by Crippen LogP contribution is -2.24. The number of pyridine rings is 1. The summed E-state index contributed by atoms with van der Waals surface area (Å²) in [6, 6.07) is 12.6. The van der Waals surface area contributed by atoms with Crippen LogP contribution in [0.15, 0.2) is 73.2 Å². The van der Waals surface area contributed by atoms with Crippen LogP contribution in [0.1, 0.15) is 25.3 Å². The fourth-order valence-corrected chi connectivity index (χ4v) is 5.09. The van der Waals surface area contributed by atoms with Crippen LogP contribution in [-0.4, -0.2) is 61.6 Å². The number of benzene rings is 2. The van der Waals surface area contributed by atoms with Gasteiger partial charge in [0, 0.05) is 35.4 Å². The summed E-state index contributed by atoms with van der Waals surface area (Å²) in [5, 5.41) is 10.7. The van der Waals surface area contributed by atoms with Gasteiger partial charge in [0.25, 0.3) is 5.91 Å². The smallest absolute Gasteiger partial charge is 0.284 e. The van der Waals surface area contributed by atoms with E-state index in [0.717, 1.165) is 30.6 Å². The fraction of sp³-hybridized carbons (Fsp3) is 0.258. The van der Waals surface area contributed by atoms with E-state index in [1.807, 2.05) is 56.1 Å². The van der Waals surface area contributed by atoms with Gasteiger partial charge in [-0.2, -0.15) is 5.10 Å². The van der Waals surface area contributed by atoms with E-state index < -0.39 is 11.7 Å². The number of anilines is 3. The summed E-state index contributed by atoms with van der Waals surface area (Å²) >= 11 is 0. The van der Waals surface area contributed by atoms with E-state index in [-0.39, 0.29) is 6.04 Å². The van der Waals surface area contributed by atoms with Crippen molar-refractivity contribution in [2.75, 3.05) is 30.8 Å². The van der Waals surface area contributed by atoms with Gasteiger partial charge in [-0.1, -0.05) is 0 Å². The third-order valence-electron chi connectivity index (χ3n) is 7.33. The second kappa shape index (κ2) is 12.0. The number of rotatable bonds is 9. The van der Waals surface area contributed by atoms with Crippen LogP contribution in [0.3, 0.4) is 0 Å². The maximum absolute atomic E-state index is 14.9. The third kappa shape index (κ3) is 6.09. The van der Waals surface area contributed by atoms with Gasteiger partial charge in [-0.15, -0.1) is 0 Å². The standard InChI is InChI=1S/C31H31FN8O3/c1-4-42-28-16-25-23(15-26(28)38-31(41)24(32)13-21-6-5-10-39(21)3)30(35-17-33-25)37-20-7-8-27(19(2)12-20)43-22-9-11-40-29(14-22)34-18-36-40/h7-9,11-18,21H,4-6,10H2,1-3H3,(H,38,41)(H,33,35,37)/b24-13+/t21-/m1/s1. The highest BCUT2D eigenvalue weighted by Crippen LogP contribution is 2.35. The fourth-order valence-electron chi connectivity index (χ4n) is 5.09. The summed E-state index contributed by atoms with van der Waals surface area (Å²) < 4.78 is 28.4. The van der Waals surface area contributed by atoms with Gasteiger partial charge in [-0.25, -0.2) is 23.9 Å². The highest BCUT2D eigenvalue weighted by molar-refractivity contribution is 6.05. The van der Waals surface area contributed by atoms with Crippen molar-refractivity contribution in [3.8, 4) is 17.2 Å². The van der Waals surface area contributed by atoms with Crippen molar-refractivity contribution in [3.05, 3.63) is 78.8 Å². The Bertz CT molecular complexity index is 1840. The van der Waals surface area contributed by atoms with Crippen molar-refractivity contribution in [1.29, 1.82) is 0 Å². The molecule has 2 aromatic carbocycles. The quantitative estimate of drug-likeness (QED) is 0.208. The zero-order valence-electron chi connectivity index (χ0n) is 24.0. The van der Waals surface area contributed by atoms with Crippen LogP contribution in [0.2, 0.25) is 0 Å². The molecule has 1 saturated heterocycles. The Morgan fingerprint density at radius 2 is 2.00 bits per heavy atom. The first-order valence-electron chi connectivity index (χ1n) is 14.0. The number of carbonyl (C=O) groups is 1. The van der Waals surface area contributed by atoms with E-state index in [1.54, 1.807) is 22.8 Å². The number of carbonyl (C=O) groups excluding carboxylic acids is 1. The SMILES string of the molecule is CCOc1cc2ncnc(Nc3ccc(Oc4ccn5ncnc5c4)c(C)c3)c2cc1NC(=O)/C(F)=C\[C@H]1CCCN1C. The monoisotopic (exact) mass is 582 g/mol. The van der Waals surface area contributed by atoms with Crippen LogP contribution in [-0.2, 0) is 4.79 Å². The molecular formula is C31H31FN8O3. The Balaban J connectivity index is 1.25. The molecule has 5 aromatic rings. The second-order valence-electron chi connectivity index (χ2n) is 10.3. The number of nitrogens with one attached hydrogen (secondary N) is 2. The highest BCUT2D eigenvalue weighted by Gasteiger charge is 2.22. The van der Waals surface area contributed by atoms with Gasteiger partial charge in [0.2, 0.25) is 0 Å². The molecule has 0 bridgehead atoms. The molecule has 3 aromatic heterocycles. The number of aryl methyl sites for hydroxylation is 1. The second-order valence-corrected chi connectivity index (χ2v) is 10.3. The topological polar surface area (TPSA) is 119 Å². The highest BCUT2D eigenvalue weighted by atomic mass is 19.1. The number of nitrogens with zero attached hydrogens (tertiary/aromatic N) is 6. The minimum Gasteiger partial charge on any atom is -0.492 e. The molecule has 0 unspecified atom stereocenters. The molecule has 1 atom stereocenters. The van der Waals surface area contributed by atoms with E-state index in [2.05, 4.69) is 30.7 Å². The van der Waals surface area contributed by atoms with E-state index in [9.17, 15) is 9.18 Å². The maximum Gasteiger partial charge on any atom is 0.284 e. The first kappa shape index (κ1) is 28.0. The number of hydrogen-bond acceptors (Lipinski definition) is 9. The van der Waals surface area contributed by atoms with Crippen molar-refractivity contribution in [1.82, 2.24) is 29.5 Å². The Morgan fingerprint density at radius 3 is 2.79 bits per heavy atom. The van der Waals surface area contributed by atoms with Crippen LogP contribution < -0.4 is 20.1 Å². The molecule has 1 fully saturated rings. The molecule has 0 spiro atoms. The van der Waals surface area contributed by atoms with Crippen LogP contribution in [0, 0.1) is 6.92 Å². The molecule has 0 saturated carbocycles. The molecule has 1 aliphatic rings. The first-order chi connectivity index (χ1) is 20.9. The van der Waals surface area contributed by atoms with Crippen molar-refractivity contribution < 1.29 is 18.7 Å². The van der Waals surface area contributed by atoms with Gasteiger partial charge in [-0.3, -0.25) is 9.69 Å². The van der Waals surface area contributed by atoms with E-state index in [0.29, 0.717) is 51.9 Å². The number of halogens is 1. The Labute approximate surface area is 247 Å². The van der Waals surface area contributed by atoms with Crippen molar-refractivity contribution in [3.63, 3.8) is 0 Å². The zero-order valence-corrected chi connectivity index (χ0v) is 24.0. The predicted octanol–water partition coefficient (Wildman–Crippen LogP) is 5.80. The largest absolute Gasteiger partial charge is 0.492 e. The van der Waals surface area contributed by atoms with E-state index in [4.69, 9.17) is 9.47 Å². The minimum atomic E-state index is -0.832. The summed E-state index contributed by atoms with van der Waals surface area (Å²) in [4.78, 5) is 27.9. The number of aromatic nitrogens is 5. The van der Waals surface area contributed by atoms with Crippen molar-refractivity contribution in [2.45, 2.75) is 32.7 Å². The molecule has 220 valence electrons. The number of amides is 1. The minimum absolute atomic E-state index is 0.101. The lowest BCUT2D eigenvalue weighted by molar-refractivity contribution is -0.114. The lowest BCUT2D eigenvalue weighted by atomic mass is 10.1. The molecule has 6 rings (SSSR count). The molecule has 0 radical (unpaired) electrons. The summed E-state index contributed by atoms with van der Waals surface area (Å²) in [6.07, 6.45) is 7.89. The van der Waals surface area contributed by atoms with Crippen LogP contribution in [0.5, 0.6) is 17.2 Å². The average Bonchev–Trinajstić information content (AvgIpc) is 3.63. The number of ether oxygens (including phenoxy) is 2. The van der Waals surface area contributed by atoms with Gasteiger partial charge in [0.15, 0.2) is 11.5 Å². The molecule has 43 heavy (non-hydrogen) atoms. The summed E-state index contributed by atoms with van der Waals surface area (Å²) in [7, 11) is 1.92. The number of likely N-dealkylation sites (tertiary alicyclic amines) is 1. The average molecular weight is 583 g/mol. The number of likely N-dealkylation sites (N-methyl/N-ethyl adjacent to an activating group) is 1. The van der Waals surface area contributed by atoms with Crippen LogP contribution in [0.4, 0.5) is 21.6 Å². The number of hydrogen-bond donors (Lipinski definition) is 2. The molecule has 1 aliphatic heterocycles. The predicted molar refractivity (Wildman–Crippen MR) is 162 cm³/mol. The summed E-state index contributed by atoms with van der Waals surface area (Å²) in [6.45, 7) is 5.01. The molecule has 12 heteroatoms. The van der Waals surface area contributed by atoms with Crippen LogP contribution in [0.25, 0.3) is 16.6 Å². The van der Waals surface area contributed by atoms with Crippen molar-refractivity contribution >= 4 is 39.6 Å².